The monoisotopic (exact) mass is 249 g/mol. The highest BCUT2D eigenvalue weighted by atomic mass is 19.4. The molecule has 4 N–H and O–H groups in total. The molecule has 0 fully saturated rings. The van der Waals surface area contributed by atoms with Gasteiger partial charge in [-0.2, -0.15) is 13.2 Å². The zero-order chi connectivity index (χ0) is 13.2. The third kappa shape index (κ3) is 3.35. The maximum atomic E-state index is 12.4. The molecule has 0 radical (unpaired) electrons. The average molecular weight is 249 g/mol. The van der Waals surface area contributed by atoms with Gasteiger partial charge in [-0.25, -0.2) is 0 Å². The molecule has 1 atom stereocenters. The van der Waals surface area contributed by atoms with E-state index in [0.717, 1.165) is 6.07 Å². The van der Waals surface area contributed by atoms with Gasteiger partial charge in [0.1, 0.15) is 11.8 Å². The Labute approximate surface area is 94.5 Å². The lowest BCUT2D eigenvalue weighted by atomic mass is 10.0. The van der Waals surface area contributed by atoms with Gasteiger partial charge in [-0.3, -0.25) is 4.79 Å². The molecule has 0 amide bonds. The van der Waals surface area contributed by atoms with Gasteiger partial charge in [0, 0.05) is 6.42 Å². The molecule has 0 spiro atoms. The van der Waals surface area contributed by atoms with Gasteiger partial charge in [-0.05, 0) is 23.8 Å². The van der Waals surface area contributed by atoms with Crippen molar-refractivity contribution >= 4 is 5.97 Å². The lowest BCUT2D eigenvalue weighted by Gasteiger charge is -2.12. The van der Waals surface area contributed by atoms with Crippen LogP contribution in [0, 0.1) is 0 Å². The maximum absolute atomic E-state index is 12.4. The van der Waals surface area contributed by atoms with Crippen molar-refractivity contribution in [1.29, 1.82) is 0 Å². The zero-order valence-corrected chi connectivity index (χ0v) is 8.53. The lowest BCUT2D eigenvalue weighted by Crippen LogP contribution is -2.32. The van der Waals surface area contributed by atoms with Crippen molar-refractivity contribution in [2.45, 2.75) is 18.6 Å². The third-order valence-electron chi connectivity index (χ3n) is 2.16. The summed E-state index contributed by atoms with van der Waals surface area (Å²) in [6.45, 7) is 0. The summed E-state index contributed by atoms with van der Waals surface area (Å²) in [5.41, 5.74) is 4.09. The molecule has 0 aliphatic rings. The minimum absolute atomic E-state index is 0.144. The van der Waals surface area contributed by atoms with Crippen LogP contribution in [0.1, 0.15) is 11.1 Å². The fraction of sp³-hybridized carbons (Fsp3) is 0.300. The Kier molecular flexibility index (Phi) is 3.62. The van der Waals surface area contributed by atoms with Crippen molar-refractivity contribution in [1.82, 2.24) is 0 Å². The number of hydrogen-bond donors (Lipinski definition) is 3. The van der Waals surface area contributed by atoms with Gasteiger partial charge < -0.3 is 15.9 Å². The summed E-state index contributed by atoms with van der Waals surface area (Å²) in [5.74, 6) is -1.75. The quantitative estimate of drug-likeness (QED) is 0.755. The SMILES string of the molecule is NC(Cc1cc(C(F)(F)F)ccc1O)C(=O)O. The topological polar surface area (TPSA) is 83.5 Å². The van der Waals surface area contributed by atoms with E-state index in [4.69, 9.17) is 10.8 Å². The molecule has 0 heterocycles. The summed E-state index contributed by atoms with van der Waals surface area (Å²) in [7, 11) is 0. The summed E-state index contributed by atoms with van der Waals surface area (Å²) in [5, 5.41) is 17.9. The van der Waals surface area contributed by atoms with E-state index >= 15 is 0 Å². The van der Waals surface area contributed by atoms with Crippen LogP contribution in [0.15, 0.2) is 18.2 Å². The molecule has 0 saturated carbocycles. The van der Waals surface area contributed by atoms with Gasteiger partial charge in [0.05, 0.1) is 5.56 Å². The van der Waals surface area contributed by atoms with Gasteiger partial charge >= 0.3 is 12.1 Å². The number of benzene rings is 1. The van der Waals surface area contributed by atoms with Crippen molar-refractivity contribution in [2.24, 2.45) is 5.73 Å². The first-order valence-electron chi connectivity index (χ1n) is 4.59. The van der Waals surface area contributed by atoms with Crippen LogP contribution in [-0.2, 0) is 17.4 Å². The van der Waals surface area contributed by atoms with Crippen LogP contribution in [0.4, 0.5) is 13.2 Å². The number of rotatable bonds is 3. The number of aromatic hydroxyl groups is 1. The molecule has 4 nitrogen and oxygen atoms in total. The molecule has 1 aromatic carbocycles. The van der Waals surface area contributed by atoms with Crippen LogP contribution in [-0.4, -0.2) is 22.2 Å². The van der Waals surface area contributed by atoms with E-state index in [9.17, 15) is 23.1 Å². The second-order valence-electron chi connectivity index (χ2n) is 3.49. The molecule has 7 heteroatoms. The van der Waals surface area contributed by atoms with Crippen molar-refractivity contribution in [3.8, 4) is 5.75 Å². The second-order valence-corrected chi connectivity index (χ2v) is 3.49. The van der Waals surface area contributed by atoms with E-state index in [-0.39, 0.29) is 12.0 Å². The predicted octanol–water partition coefficient (Wildman–Crippen LogP) is 1.37. The van der Waals surface area contributed by atoms with Crippen LogP contribution in [0.25, 0.3) is 0 Å². The van der Waals surface area contributed by atoms with Gasteiger partial charge in [-0.1, -0.05) is 0 Å². The van der Waals surface area contributed by atoms with E-state index < -0.39 is 29.5 Å². The Morgan fingerprint density at radius 2 is 2.00 bits per heavy atom. The number of phenols is 1. The fourth-order valence-corrected chi connectivity index (χ4v) is 1.25. The molecule has 0 aromatic heterocycles. The second kappa shape index (κ2) is 4.62. The number of alkyl halides is 3. The molecular formula is C10H10F3NO3. The first-order chi connectivity index (χ1) is 7.71. The minimum Gasteiger partial charge on any atom is -0.508 e. The Balaban J connectivity index is 3.03. The summed E-state index contributed by atoms with van der Waals surface area (Å²) in [6, 6.07) is 0.917. The van der Waals surface area contributed by atoms with E-state index in [1.807, 2.05) is 0 Å². The highest BCUT2D eigenvalue weighted by molar-refractivity contribution is 5.73. The minimum atomic E-state index is -4.55. The number of hydrogen-bond acceptors (Lipinski definition) is 3. The maximum Gasteiger partial charge on any atom is 0.416 e. The largest absolute Gasteiger partial charge is 0.508 e. The summed E-state index contributed by atoms with van der Waals surface area (Å²) < 4.78 is 37.1. The number of carboxylic acids is 1. The van der Waals surface area contributed by atoms with Gasteiger partial charge in [0.15, 0.2) is 0 Å². The van der Waals surface area contributed by atoms with Crippen LogP contribution < -0.4 is 5.73 Å². The Morgan fingerprint density at radius 3 is 2.47 bits per heavy atom. The lowest BCUT2D eigenvalue weighted by molar-refractivity contribution is -0.138. The fourth-order valence-electron chi connectivity index (χ4n) is 1.25. The number of carboxylic acid groups (broad SMARTS) is 1. The molecular weight excluding hydrogens is 239 g/mol. The van der Waals surface area contributed by atoms with E-state index in [1.165, 1.54) is 0 Å². The first-order valence-corrected chi connectivity index (χ1v) is 4.59. The third-order valence-corrected chi connectivity index (χ3v) is 2.16. The first kappa shape index (κ1) is 13.3. The standard InChI is InChI=1S/C10H10F3NO3/c11-10(12,13)6-1-2-8(15)5(3-6)4-7(14)9(16)17/h1-3,7,15H,4,14H2,(H,16,17). The predicted molar refractivity (Wildman–Crippen MR) is 52.4 cm³/mol. The summed E-state index contributed by atoms with van der Waals surface area (Å²) in [6.07, 6.45) is -4.92. The molecule has 0 aliphatic carbocycles. The molecule has 0 bridgehead atoms. The van der Waals surface area contributed by atoms with Crippen molar-refractivity contribution in [3.63, 3.8) is 0 Å². The summed E-state index contributed by atoms with van der Waals surface area (Å²) in [4.78, 5) is 10.5. The van der Waals surface area contributed by atoms with Gasteiger partial charge in [0.2, 0.25) is 0 Å². The highest BCUT2D eigenvalue weighted by Gasteiger charge is 2.31. The van der Waals surface area contributed by atoms with Crippen molar-refractivity contribution in [3.05, 3.63) is 29.3 Å². The van der Waals surface area contributed by atoms with E-state index in [1.54, 1.807) is 0 Å². The van der Waals surface area contributed by atoms with Crippen LogP contribution in [0.5, 0.6) is 5.75 Å². The van der Waals surface area contributed by atoms with E-state index in [0.29, 0.717) is 12.1 Å². The molecule has 1 rings (SSSR count). The highest BCUT2D eigenvalue weighted by Crippen LogP contribution is 2.32. The van der Waals surface area contributed by atoms with Crippen LogP contribution in [0.3, 0.4) is 0 Å². The molecule has 0 saturated heterocycles. The Bertz CT molecular complexity index is 431. The van der Waals surface area contributed by atoms with Crippen molar-refractivity contribution in [2.75, 3.05) is 0 Å². The average Bonchev–Trinajstić information content (AvgIpc) is 2.19. The summed E-state index contributed by atoms with van der Waals surface area (Å²) >= 11 is 0. The number of phenolic OH excluding ortho intramolecular Hbond substituents is 1. The molecule has 1 aromatic rings. The van der Waals surface area contributed by atoms with Crippen LogP contribution in [0.2, 0.25) is 0 Å². The number of halogens is 3. The number of aliphatic carboxylic acids is 1. The molecule has 1 unspecified atom stereocenters. The molecule has 0 aliphatic heterocycles. The smallest absolute Gasteiger partial charge is 0.416 e. The molecule has 17 heavy (non-hydrogen) atoms. The van der Waals surface area contributed by atoms with Gasteiger partial charge in [0.25, 0.3) is 0 Å². The van der Waals surface area contributed by atoms with Gasteiger partial charge in [-0.15, -0.1) is 0 Å². The normalized spacial score (nSPS) is 13.4. The zero-order valence-electron chi connectivity index (χ0n) is 8.53. The number of carbonyl (C=O) groups is 1. The Hall–Kier alpha value is -1.76. The van der Waals surface area contributed by atoms with Crippen molar-refractivity contribution < 1.29 is 28.2 Å². The van der Waals surface area contributed by atoms with E-state index in [2.05, 4.69) is 0 Å². The van der Waals surface area contributed by atoms with Crippen LogP contribution >= 0.6 is 0 Å². The molecule has 94 valence electrons. The number of nitrogens with two attached hydrogens (primary N) is 1. The Morgan fingerprint density at radius 1 is 1.41 bits per heavy atom.